The maximum Gasteiger partial charge on any atom is 0.161 e. The normalized spacial score (nSPS) is 28.1. The van der Waals surface area contributed by atoms with E-state index in [0.717, 1.165) is 17.5 Å². The maximum absolute atomic E-state index is 11.6. The van der Waals surface area contributed by atoms with Gasteiger partial charge in [0.25, 0.3) is 0 Å². The smallest absolute Gasteiger partial charge is 0.161 e. The quantitative estimate of drug-likeness (QED) is 0.824. The van der Waals surface area contributed by atoms with Gasteiger partial charge in [-0.3, -0.25) is 4.79 Å². The molecule has 0 aliphatic carbocycles. The zero-order valence-corrected chi connectivity index (χ0v) is 10.7. The minimum Gasteiger partial charge on any atom is -0.493 e. The van der Waals surface area contributed by atoms with Crippen molar-refractivity contribution in [1.29, 1.82) is 0 Å². The maximum atomic E-state index is 11.6. The van der Waals surface area contributed by atoms with Crippen molar-refractivity contribution in [3.05, 3.63) is 23.3 Å². The van der Waals surface area contributed by atoms with Gasteiger partial charge in [-0.1, -0.05) is 0 Å². The van der Waals surface area contributed by atoms with Crippen LogP contribution < -0.4 is 9.47 Å². The van der Waals surface area contributed by atoms with Crippen LogP contribution in [0.1, 0.15) is 36.7 Å². The zero-order chi connectivity index (χ0) is 12.9. The average Bonchev–Trinajstić information content (AvgIpc) is 2.95. The van der Waals surface area contributed by atoms with Crippen molar-refractivity contribution < 1.29 is 19.0 Å². The number of methoxy groups -OCH3 is 2. The molecule has 1 saturated heterocycles. The van der Waals surface area contributed by atoms with Gasteiger partial charge < -0.3 is 14.2 Å². The predicted octanol–water partition coefficient (Wildman–Crippen LogP) is 2.43. The van der Waals surface area contributed by atoms with Gasteiger partial charge in [0.1, 0.15) is 5.78 Å². The molecule has 0 saturated carbocycles. The summed E-state index contributed by atoms with van der Waals surface area (Å²) in [5.41, 5.74) is 2.21. The summed E-state index contributed by atoms with van der Waals surface area (Å²) in [6.07, 6.45) is 0.698. The van der Waals surface area contributed by atoms with Crippen LogP contribution in [0.4, 0.5) is 0 Å². The van der Waals surface area contributed by atoms with Gasteiger partial charge in [-0.25, -0.2) is 0 Å². The molecule has 0 radical (unpaired) electrons. The van der Waals surface area contributed by atoms with Crippen LogP contribution in [0.3, 0.4) is 0 Å². The van der Waals surface area contributed by atoms with E-state index in [-0.39, 0.29) is 23.9 Å². The molecule has 18 heavy (non-hydrogen) atoms. The molecule has 4 nitrogen and oxygen atoms in total. The van der Waals surface area contributed by atoms with E-state index in [0.29, 0.717) is 11.5 Å². The second kappa shape index (κ2) is 3.99. The van der Waals surface area contributed by atoms with Gasteiger partial charge in [0.2, 0.25) is 0 Å². The lowest BCUT2D eigenvalue weighted by Crippen LogP contribution is -2.18. The monoisotopic (exact) mass is 248 g/mol. The topological polar surface area (TPSA) is 44.8 Å². The molecule has 2 bridgehead atoms. The molecule has 1 aromatic carbocycles. The van der Waals surface area contributed by atoms with Crippen LogP contribution in [-0.2, 0) is 9.53 Å². The van der Waals surface area contributed by atoms with E-state index in [1.807, 2.05) is 12.1 Å². The summed E-state index contributed by atoms with van der Waals surface area (Å²) < 4.78 is 16.5. The minimum absolute atomic E-state index is 0.0133. The van der Waals surface area contributed by atoms with E-state index >= 15 is 0 Å². The fourth-order valence-corrected chi connectivity index (χ4v) is 2.99. The fourth-order valence-electron chi connectivity index (χ4n) is 2.99. The lowest BCUT2D eigenvalue weighted by atomic mass is 9.82. The highest BCUT2D eigenvalue weighted by atomic mass is 16.5. The highest BCUT2D eigenvalue weighted by Crippen LogP contribution is 2.56. The molecule has 0 aromatic heterocycles. The number of rotatable bonds is 3. The highest BCUT2D eigenvalue weighted by Gasteiger charge is 2.47. The molecule has 0 unspecified atom stereocenters. The number of carbonyl (C=O) groups is 1. The van der Waals surface area contributed by atoms with E-state index in [4.69, 9.17) is 14.2 Å². The molecular weight excluding hydrogens is 232 g/mol. The fraction of sp³-hybridized carbons (Fsp3) is 0.500. The van der Waals surface area contributed by atoms with Gasteiger partial charge in [0, 0.05) is 0 Å². The Hall–Kier alpha value is -1.55. The molecule has 1 aromatic rings. The van der Waals surface area contributed by atoms with E-state index in [1.54, 1.807) is 21.1 Å². The number of hydrogen-bond donors (Lipinski definition) is 0. The third kappa shape index (κ3) is 1.45. The zero-order valence-electron chi connectivity index (χ0n) is 10.7. The molecule has 2 heterocycles. The van der Waals surface area contributed by atoms with Crippen molar-refractivity contribution in [2.24, 2.45) is 5.92 Å². The molecule has 3 rings (SSSR count). The molecule has 2 aliphatic rings. The number of hydrogen-bond acceptors (Lipinski definition) is 4. The minimum atomic E-state index is -0.109. The van der Waals surface area contributed by atoms with Crippen molar-refractivity contribution in [2.75, 3.05) is 14.2 Å². The lowest BCUT2D eigenvalue weighted by molar-refractivity contribution is -0.122. The average molecular weight is 248 g/mol. The van der Waals surface area contributed by atoms with Gasteiger partial charge >= 0.3 is 0 Å². The SMILES string of the molecule is COc1cc2c(cc1OC)[C@@H]1O[C@H]2C[C@H]1C(C)=O. The summed E-state index contributed by atoms with van der Waals surface area (Å²) in [5, 5.41) is 0. The summed E-state index contributed by atoms with van der Waals surface area (Å²) in [7, 11) is 3.23. The summed E-state index contributed by atoms with van der Waals surface area (Å²) in [6, 6.07) is 3.91. The summed E-state index contributed by atoms with van der Waals surface area (Å²) in [6.45, 7) is 1.63. The Bertz CT molecular complexity index is 509. The van der Waals surface area contributed by atoms with Gasteiger partial charge in [-0.15, -0.1) is 0 Å². The number of carbonyl (C=O) groups excluding carboxylic acids is 1. The molecule has 0 amide bonds. The predicted molar refractivity (Wildman–Crippen MR) is 64.9 cm³/mol. The first-order valence-corrected chi connectivity index (χ1v) is 6.07. The number of ketones is 1. The van der Waals surface area contributed by atoms with E-state index < -0.39 is 0 Å². The van der Waals surface area contributed by atoms with Crippen LogP contribution in [0.15, 0.2) is 12.1 Å². The second-order valence-electron chi connectivity index (χ2n) is 4.83. The molecule has 3 atom stereocenters. The van der Waals surface area contributed by atoms with Crippen LogP contribution in [0, 0.1) is 5.92 Å². The van der Waals surface area contributed by atoms with Gasteiger partial charge in [0.05, 0.1) is 32.3 Å². The Morgan fingerprint density at radius 3 is 2.39 bits per heavy atom. The Morgan fingerprint density at radius 1 is 1.22 bits per heavy atom. The Morgan fingerprint density at radius 2 is 1.83 bits per heavy atom. The third-order valence-electron chi connectivity index (χ3n) is 3.91. The van der Waals surface area contributed by atoms with E-state index in [9.17, 15) is 4.79 Å². The van der Waals surface area contributed by atoms with E-state index in [2.05, 4.69) is 0 Å². The molecule has 96 valence electrons. The van der Waals surface area contributed by atoms with Crippen molar-refractivity contribution in [1.82, 2.24) is 0 Å². The Kier molecular flexibility index (Phi) is 2.55. The Balaban J connectivity index is 2.06. The van der Waals surface area contributed by atoms with Crippen molar-refractivity contribution in [2.45, 2.75) is 25.6 Å². The summed E-state index contributed by atoms with van der Waals surface area (Å²) in [4.78, 5) is 11.6. The standard InChI is InChI=1S/C14H16O4/c1-7(15)8-4-11-9-5-12(16-2)13(17-3)6-10(9)14(8)18-11/h5-6,8,11,14H,4H2,1-3H3/t8-,11-,14+/m0/s1. The molecule has 1 fully saturated rings. The van der Waals surface area contributed by atoms with Crippen molar-refractivity contribution in [3.8, 4) is 11.5 Å². The number of ether oxygens (including phenoxy) is 3. The molecule has 0 N–H and O–H groups in total. The lowest BCUT2D eigenvalue weighted by Gasteiger charge is -2.20. The number of benzene rings is 1. The molecule has 4 heteroatoms. The van der Waals surface area contributed by atoms with Crippen molar-refractivity contribution in [3.63, 3.8) is 0 Å². The third-order valence-corrected chi connectivity index (χ3v) is 3.91. The van der Waals surface area contributed by atoms with Crippen LogP contribution >= 0.6 is 0 Å². The molecular formula is C14H16O4. The Labute approximate surface area is 106 Å². The molecule has 0 spiro atoms. The largest absolute Gasteiger partial charge is 0.493 e. The second-order valence-corrected chi connectivity index (χ2v) is 4.83. The number of Topliss-reactive ketones (excluding diaryl/α,β-unsaturated/α-hetero) is 1. The first-order valence-electron chi connectivity index (χ1n) is 6.07. The first-order chi connectivity index (χ1) is 8.65. The van der Waals surface area contributed by atoms with Crippen LogP contribution in [-0.4, -0.2) is 20.0 Å². The summed E-state index contributed by atoms with van der Waals surface area (Å²) >= 11 is 0. The van der Waals surface area contributed by atoms with Crippen LogP contribution in [0.25, 0.3) is 0 Å². The first kappa shape index (κ1) is 11.5. The summed E-state index contributed by atoms with van der Waals surface area (Å²) in [5.74, 6) is 1.59. The van der Waals surface area contributed by atoms with E-state index in [1.165, 1.54) is 0 Å². The van der Waals surface area contributed by atoms with Crippen molar-refractivity contribution >= 4 is 5.78 Å². The highest BCUT2D eigenvalue weighted by molar-refractivity contribution is 5.80. The van der Waals surface area contributed by atoms with Gasteiger partial charge in [-0.2, -0.15) is 0 Å². The molecule has 2 aliphatic heterocycles. The van der Waals surface area contributed by atoms with Crippen LogP contribution in [0.2, 0.25) is 0 Å². The number of fused-ring (bicyclic) bond motifs is 5. The van der Waals surface area contributed by atoms with Gasteiger partial charge in [0.15, 0.2) is 11.5 Å². The van der Waals surface area contributed by atoms with Crippen LogP contribution in [0.5, 0.6) is 11.5 Å². The van der Waals surface area contributed by atoms with Gasteiger partial charge in [-0.05, 0) is 36.6 Å².